The molecule has 0 spiro atoms. The number of hydrogen-bond donors (Lipinski definition) is 2. The number of morpholine rings is 1. The van der Waals surface area contributed by atoms with Gasteiger partial charge in [0.25, 0.3) is 0 Å². The highest BCUT2D eigenvalue weighted by atomic mass is 32.2. The largest absolute Gasteiger partial charge is 0.497 e. The van der Waals surface area contributed by atoms with Crippen molar-refractivity contribution in [3.8, 4) is 5.75 Å². The van der Waals surface area contributed by atoms with Gasteiger partial charge in [-0.2, -0.15) is 11.8 Å². The summed E-state index contributed by atoms with van der Waals surface area (Å²) in [7, 11) is 1.67. The number of pyridine rings is 1. The summed E-state index contributed by atoms with van der Waals surface area (Å²) in [5, 5.41) is 24.0. The van der Waals surface area contributed by atoms with Crippen molar-refractivity contribution in [2.45, 2.75) is 69.3 Å². The van der Waals surface area contributed by atoms with Crippen LogP contribution in [0.4, 0.5) is 0 Å². The zero-order valence-electron chi connectivity index (χ0n) is 23.7. The summed E-state index contributed by atoms with van der Waals surface area (Å²) >= 11 is 2.16. The van der Waals surface area contributed by atoms with Crippen molar-refractivity contribution in [2.24, 2.45) is 5.41 Å². The van der Waals surface area contributed by atoms with Crippen molar-refractivity contribution >= 4 is 22.7 Å². The lowest BCUT2D eigenvalue weighted by Crippen LogP contribution is -2.43. The molecule has 0 amide bonds. The number of likely N-dealkylation sites (tertiary alicyclic amines) is 1. The summed E-state index contributed by atoms with van der Waals surface area (Å²) in [6.45, 7) is 7.42. The second-order valence-electron chi connectivity index (χ2n) is 11.8. The number of hydrogen-bond acceptors (Lipinski definition) is 8. The molecule has 2 saturated heterocycles. The molecule has 216 valence electrons. The third-order valence-electron chi connectivity index (χ3n) is 9.29. The van der Waals surface area contributed by atoms with Crippen LogP contribution in [0.25, 0.3) is 10.9 Å². The van der Waals surface area contributed by atoms with E-state index in [1.54, 1.807) is 7.11 Å². The molecule has 7 nitrogen and oxygen atoms in total. The van der Waals surface area contributed by atoms with E-state index in [9.17, 15) is 10.2 Å². The van der Waals surface area contributed by atoms with Crippen molar-refractivity contribution in [1.82, 2.24) is 14.8 Å². The van der Waals surface area contributed by atoms with Gasteiger partial charge in [-0.05, 0) is 86.4 Å². The van der Waals surface area contributed by atoms with Crippen molar-refractivity contribution in [3.63, 3.8) is 0 Å². The average Bonchev–Trinajstić information content (AvgIpc) is 3.50. The van der Waals surface area contributed by atoms with Gasteiger partial charge in [-0.15, -0.1) is 0 Å². The van der Waals surface area contributed by atoms with Gasteiger partial charge in [-0.3, -0.25) is 9.88 Å². The second kappa shape index (κ2) is 14.0. The summed E-state index contributed by atoms with van der Waals surface area (Å²) in [5.74, 6) is 1.99. The van der Waals surface area contributed by atoms with Gasteiger partial charge in [0.15, 0.2) is 0 Å². The molecule has 0 radical (unpaired) electrons. The molecule has 39 heavy (non-hydrogen) atoms. The average molecular weight is 558 g/mol. The number of methoxy groups -OCH3 is 1. The lowest BCUT2D eigenvalue weighted by molar-refractivity contribution is 0.0245. The Morgan fingerprint density at radius 1 is 1.13 bits per heavy atom. The quantitative estimate of drug-likeness (QED) is 0.391. The van der Waals surface area contributed by atoms with Crippen molar-refractivity contribution in [2.75, 3.05) is 65.4 Å². The molecule has 8 heteroatoms. The maximum Gasteiger partial charge on any atom is 0.119 e. The van der Waals surface area contributed by atoms with Gasteiger partial charge in [-0.1, -0.05) is 12.8 Å². The Morgan fingerprint density at radius 3 is 2.62 bits per heavy atom. The van der Waals surface area contributed by atoms with E-state index in [1.807, 2.05) is 24.4 Å². The molecule has 1 atom stereocenters. The van der Waals surface area contributed by atoms with Crippen LogP contribution in [0.5, 0.6) is 5.75 Å². The van der Waals surface area contributed by atoms with Gasteiger partial charge in [0.1, 0.15) is 5.75 Å². The highest BCUT2D eigenvalue weighted by Crippen LogP contribution is 2.40. The van der Waals surface area contributed by atoms with E-state index in [0.29, 0.717) is 6.42 Å². The Labute approximate surface area is 238 Å². The van der Waals surface area contributed by atoms with Crippen molar-refractivity contribution < 1.29 is 19.7 Å². The number of fused-ring (bicyclic) bond motifs is 1. The fourth-order valence-corrected chi connectivity index (χ4v) is 7.97. The summed E-state index contributed by atoms with van der Waals surface area (Å²) in [5.41, 5.74) is 2.79. The molecule has 1 unspecified atom stereocenters. The molecule has 3 heterocycles. The van der Waals surface area contributed by atoms with E-state index in [0.717, 1.165) is 105 Å². The lowest BCUT2D eigenvalue weighted by Gasteiger charge is -2.41. The minimum Gasteiger partial charge on any atom is -0.497 e. The highest BCUT2D eigenvalue weighted by Gasteiger charge is 2.35. The van der Waals surface area contributed by atoms with E-state index >= 15 is 0 Å². The molecule has 2 N–H and O–H groups in total. The van der Waals surface area contributed by atoms with Gasteiger partial charge >= 0.3 is 0 Å². The zero-order chi connectivity index (χ0) is 27.1. The van der Waals surface area contributed by atoms with E-state index in [4.69, 9.17) is 14.5 Å². The third-order valence-corrected chi connectivity index (χ3v) is 10.7. The summed E-state index contributed by atoms with van der Waals surface area (Å²) in [6.07, 6.45) is 10.4. The number of aromatic nitrogens is 1. The number of ether oxygens (including phenoxy) is 2. The van der Waals surface area contributed by atoms with Crippen LogP contribution >= 0.6 is 11.8 Å². The number of benzene rings is 1. The first-order valence-electron chi connectivity index (χ1n) is 15.0. The molecular weight excluding hydrogens is 510 g/mol. The molecule has 3 fully saturated rings. The van der Waals surface area contributed by atoms with Crippen LogP contribution in [-0.2, 0) is 11.3 Å². The van der Waals surface area contributed by atoms with Crippen LogP contribution in [0.3, 0.4) is 0 Å². The van der Waals surface area contributed by atoms with Crippen molar-refractivity contribution in [1.29, 1.82) is 0 Å². The minimum absolute atomic E-state index is 0.110. The Morgan fingerprint density at radius 2 is 1.90 bits per heavy atom. The minimum atomic E-state index is -0.622. The van der Waals surface area contributed by atoms with Gasteiger partial charge in [0, 0.05) is 55.4 Å². The SMILES string of the molecule is COc1ccc2ncc(CN3CCOCC3)c(C(O)CCC3(CO)CCN(CCSC4CCCC4)CC3)c2c1. The van der Waals surface area contributed by atoms with E-state index in [-0.39, 0.29) is 12.0 Å². The number of rotatable bonds is 12. The fourth-order valence-electron chi connectivity index (χ4n) is 6.61. The van der Waals surface area contributed by atoms with Gasteiger partial charge in [0.2, 0.25) is 0 Å². The molecular formula is C31H47N3O4S. The first kappa shape index (κ1) is 29.1. The maximum atomic E-state index is 11.7. The molecule has 2 aromatic rings. The number of piperidine rings is 1. The zero-order valence-corrected chi connectivity index (χ0v) is 24.5. The summed E-state index contributed by atoms with van der Waals surface area (Å²) in [6, 6.07) is 5.90. The molecule has 0 bridgehead atoms. The Hall–Kier alpha value is -1.42. The smallest absolute Gasteiger partial charge is 0.119 e. The van der Waals surface area contributed by atoms with Gasteiger partial charge in [-0.25, -0.2) is 0 Å². The summed E-state index contributed by atoms with van der Waals surface area (Å²) in [4.78, 5) is 9.68. The summed E-state index contributed by atoms with van der Waals surface area (Å²) < 4.78 is 11.1. The topological polar surface area (TPSA) is 78.3 Å². The standard InChI is InChI=1S/C31H47N3O4S/c1-37-25-6-7-28-27(20-25)30(24(21-32-28)22-34-14-17-38-18-15-34)29(36)8-9-31(23-35)10-12-33(13-11-31)16-19-39-26-4-2-3-5-26/h6-7,20-21,26,29,35-36H,2-5,8-19,22-23H2,1H3. The Kier molecular flexibility index (Phi) is 10.4. The number of nitrogens with zero attached hydrogens (tertiary/aromatic N) is 3. The lowest BCUT2D eigenvalue weighted by atomic mass is 9.74. The fraction of sp³-hybridized carbons (Fsp3) is 0.710. The number of thioether (sulfide) groups is 1. The molecule has 1 aromatic carbocycles. The number of aliphatic hydroxyl groups excluding tert-OH is 2. The van der Waals surface area contributed by atoms with Crippen LogP contribution in [0.2, 0.25) is 0 Å². The normalized spacial score (nSPS) is 21.9. The van der Waals surface area contributed by atoms with E-state index < -0.39 is 6.10 Å². The Bertz CT molecular complexity index is 1050. The van der Waals surface area contributed by atoms with Crippen LogP contribution in [0.1, 0.15) is 68.6 Å². The highest BCUT2D eigenvalue weighted by molar-refractivity contribution is 7.99. The van der Waals surface area contributed by atoms with Crippen molar-refractivity contribution in [3.05, 3.63) is 35.5 Å². The molecule has 3 aliphatic rings. The predicted octanol–water partition coefficient (Wildman–Crippen LogP) is 4.64. The van der Waals surface area contributed by atoms with Gasteiger partial charge < -0.3 is 24.6 Å². The van der Waals surface area contributed by atoms with E-state index in [1.165, 1.54) is 31.4 Å². The molecule has 1 aliphatic carbocycles. The van der Waals surface area contributed by atoms with Crippen LogP contribution in [-0.4, -0.2) is 95.7 Å². The number of aliphatic hydroxyl groups is 2. The monoisotopic (exact) mass is 557 g/mol. The third kappa shape index (κ3) is 7.46. The van der Waals surface area contributed by atoms with Crippen LogP contribution < -0.4 is 4.74 Å². The predicted molar refractivity (Wildman–Crippen MR) is 158 cm³/mol. The van der Waals surface area contributed by atoms with Gasteiger partial charge in [0.05, 0.1) is 31.9 Å². The van der Waals surface area contributed by atoms with Crippen LogP contribution in [0, 0.1) is 5.41 Å². The van der Waals surface area contributed by atoms with Crippen LogP contribution in [0.15, 0.2) is 24.4 Å². The molecule has 2 aliphatic heterocycles. The first-order chi connectivity index (χ1) is 19.1. The molecule has 1 saturated carbocycles. The molecule has 5 rings (SSSR count). The Balaban J connectivity index is 1.24. The molecule has 1 aromatic heterocycles. The van der Waals surface area contributed by atoms with E-state index in [2.05, 4.69) is 21.6 Å². The first-order valence-corrected chi connectivity index (χ1v) is 16.0. The maximum absolute atomic E-state index is 11.7. The second-order valence-corrected chi connectivity index (χ2v) is 13.2.